The van der Waals surface area contributed by atoms with Crippen molar-refractivity contribution in [2.24, 2.45) is 0 Å². The van der Waals surface area contributed by atoms with Gasteiger partial charge in [0.15, 0.2) is 0 Å². The molecule has 32 heavy (non-hydrogen) atoms. The van der Waals surface area contributed by atoms with Crippen LogP contribution in [0.5, 0.6) is 5.75 Å². The van der Waals surface area contributed by atoms with Crippen LogP contribution in [0.15, 0.2) is 71.8 Å². The van der Waals surface area contributed by atoms with Crippen molar-refractivity contribution in [1.82, 2.24) is 14.5 Å². The molecule has 3 aromatic rings. The van der Waals surface area contributed by atoms with Crippen LogP contribution in [-0.2, 0) is 11.4 Å². The van der Waals surface area contributed by atoms with Crippen LogP contribution in [0.3, 0.4) is 0 Å². The third kappa shape index (κ3) is 4.99. The number of nitrogens with zero attached hydrogens (tertiary/aromatic N) is 4. The molecule has 7 heteroatoms. The van der Waals surface area contributed by atoms with E-state index in [-0.39, 0.29) is 17.5 Å². The van der Waals surface area contributed by atoms with Gasteiger partial charge in [-0.15, -0.1) is 0 Å². The Labute approximate surface area is 187 Å². The number of likely N-dealkylation sites (N-methyl/N-ethyl adjacent to an activating group) is 1. The highest BCUT2D eigenvalue weighted by molar-refractivity contribution is 5.73. The third-order valence-electron chi connectivity index (χ3n) is 5.91. The van der Waals surface area contributed by atoms with Gasteiger partial charge < -0.3 is 14.5 Å². The standard InChI is InChI=1S/C25H28N4O3/c1-19(30)27(2)22-9-6-13-28(17-22)24-11-10-21(16-26-24)29-14-12-23(15-25(29)31)32-18-20-7-4-3-5-8-20/h3-5,7-8,10-12,14-16,22H,6,9,13,17-18H2,1-2H3. The van der Waals surface area contributed by atoms with Crippen molar-refractivity contribution in [3.05, 3.63) is 82.9 Å². The molecule has 3 heterocycles. The van der Waals surface area contributed by atoms with Crippen LogP contribution in [0, 0.1) is 0 Å². The third-order valence-corrected chi connectivity index (χ3v) is 5.91. The summed E-state index contributed by atoms with van der Waals surface area (Å²) in [7, 11) is 1.85. The minimum Gasteiger partial charge on any atom is -0.489 e. The van der Waals surface area contributed by atoms with Crippen LogP contribution in [0.4, 0.5) is 5.82 Å². The minimum atomic E-state index is -0.175. The summed E-state index contributed by atoms with van der Waals surface area (Å²) in [5.41, 5.74) is 1.57. The molecule has 1 unspecified atom stereocenters. The molecule has 0 saturated carbocycles. The smallest absolute Gasteiger partial charge is 0.258 e. The number of ether oxygens (including phenoxy) is 1. The van der Waals surface area contributed by atoms with E-state index >= 15 is 0 Å². The van der Waals surface area contributed by atoms with E-state index in [1.165, 1.54) is 6.07 Å². The predicted molar refractivity (Wildman–Crippen MR) is 124 cm³/mol. The van der Waals surface area contributed by atoms with Gasteiger partial charge in [-0.25, -0.2) is 4.98 Å². The molecule has 1 amide bonds. The van der Waals surface area contributed by atoms with Gasteiger partial charge in [0, 0.05) is 45.4 Å². The van der Waals surface area contributed by atoms with Gasteiger partial charge in [0.05, 0.1) is 11.9 Å². The molecular weight excluding hydrogens is 404 g/mol. The van der Waals surface area contributed by atoms with Crippen molar-refractivity contribution < 1.29 is 9.53 Å². The van der Waals surface area contributed by atoms with E-state index in [1.807, 2.05) is 54.4 Å². The highest BCUT2D eigenvalue weighted by Crippen LogP contribution is 2.21. The number of hydrogen-bond donors (Lipinski definition) is 0. The van der Waals surface area contributed by atoms with E-state index in [9.17, 15) is 9.59 Å². The number of piperidine rings is 1. The van der Waals surface area contributed by atoms with E-state index in [2.05, 4.69) is 9.88 Å². The SMILES string of the molecule is CC(=O)N(C)C1CCCN(c2ccc(-n3ccc(OCc4ccccc4)cc3=O)cn2)C1. The van der Waals surface area contributed by atoms with E-state index < -0.39 is 0 Å². The Hall–Kier alpha value is -3.61. The molecule has 0 N–H and O–H groups in total. The monoisotopic (exact) mass is 432 g/mol. The van der Waals surface area contributed by atoms with Crippen molar-refractivity contribution >= 4 is 11.7 Å². The van der Waals surface area contributed by atoms with E-state index in [1.54, 1.807) is 30.0 Å². The molecule has 4 rings (SSSR count). The number of amides is 1. The Balaban J connectivity index is 1.43. The van der Waals surface area contributed by atoms with E-state index in [0.717, 1.165) is 37.3 Å². The molecule has 1 atom stereocenters. The van der Waals surface area contributed by atoms with Crippen molar-refractivity contribution in [2.45, 2.75) is 32.4 Å². The van der Waals surface area contributed by atoms with Crippen molar-refractivity contribution in [1.29, 1.82) is 0 Å². The Morgan fingerprint density at radius 3 is 2.69 bits per heavy atom. The molecular formula is C25H28N4O3. The van der Waals surface area contributed by atoms with Gasteiger partial charge in [-0.1, -0.05) is 30.3 Å². The van der Waals surface area contributed by atoms with Gasteiger partial charge in [-0.2, -0.15) is 0 Å². The molecule has 1 aromatic carbocycles. The normalized spacial score (nSPS) is 15.9. The Morgan fingerprint density at radius 2 is 2.00 bits per heavy atom. The Bertz CT molecular complexity index is 1110. The summed E-state index contributed by atoms with van der Waals surface area (Å²) < 4.78 is 7.30. The fraction of sp³-hybridized carbons (Fsp3) is 0.320. The lowest BCUT2D eigenvalue weighted by Gasteiger charge is -2.37. The van der Waals surface area contributed by atoms with Crippen molar-refractivity contribution in [2.75, 3.05) is 25.0 Å². The molecule has 2 aromatic heterocycles. The minimum absolute atomic E-state index is 0.0794. The number of carbonyl (C=O) groups excluding carboxylic acids is 1. The first-order valence-electron chi connectivity index (χ1n) is 10.9. The van der Waals surface area contributed by atoms with E-state index in [0.29, 0.717) is 18.0 Å². The van der Waals surface area contributed by atoms with Crippen LogP contribution in [0.2, 0.25) is 0 Å². The van der Waals surface area contributed by atoms with Gasteiger partial charge in [0.1, 0.15) is 18.2 Å². The number of rotatable bonds is 6. The summed E-state index contributed by atoms with van der Waals surface area (Å²) in [5, 5.41) is 0. The van der Waals surface area contributed by atoms with Crippen molar-refractivity contribution in [3.63, 3.8) is 0 Å². The van der Waals surface area contributed by atoms with Crippen molar-refractivity contribution in [3.8, 4) is 11.4 Å². The van der Waals surface area contributed by atoms with Crippen LogP contribution in [-0.4, -0.2) is 46.5 Å². The average molecular weight is 433 g/mol. The summed E-state index contributed by atoms with van der Waals surface area (Å²) in [4.78, 5) is 32.9. The summed E-state index contributed by atoms with van der Waals surface area (Å²) in [6.07, 6.45) is 5.42. The van der Waals surface area contributed by atoms with Crippen LogP contribution in [0.1, 0.15) is 25.3 Å². The highest BCUT2D eigenvalue weighted by atomic mass is 16.5. The fourth-order valence-corrected chi connectivity index (χ4v) is 3.95. The maximum atomic E-state index is 12.6. The maximum Gasteiger partial charge on any atom is 0.258 e. The number of hydrogen-bond acceptors (Lipinski definition) is 5. The number of pyridine rings is 2. The molecule has 1 fully saturated rings. The first kappa shape index (κ1) is 21.6. The highest BCUT2D eigenvalue weighted by Gasteiger charge is 2.25. The van der Waals surface area contributed by atoms with Crippen LogP contribution < -0.4 is 15.2 Å². The summed E-state index contributed by atoms with van der Waals surface area (Å²) in [5.74, 6) is 1.47. The first-order valence-corrected chi connectivity index (χ1v) is 10.9. The zero-order chi connectivity index (χ0) is 22.5. The lowest BCUT2D eigenvalue weighted by atomic mass is 10.0. The quantitative estimate of drug-likeness (QED) is 0.598. The summed E-state index contributed by atoms with van der Waals surface area (Å²) >= 11 is 0. The van der Waals surface area contributed by atoms with Gasteiger partial charge in [0.25, 0.3) is 5.56 Å². The molecule has 7 nitrogen and oxygen atoms in total. The van der Waals surface area contributed by atoms with Gasteiger partial charge in [-0.05, 0) is 36.6 Å². The zero-order valence-electron chi connectivity index (χ0n) is 18.5. The second-order valence-electron chi connectivity index (χ2n) is 8.09. The number of carbonyl (C=O) groups is 1. The lowest BCUT2D eigenvalue weighted by Crippen LogP contribution is -2.48. The number of aromatic nitrogens is 2. The summed E-state index contributed by atoms with van der Waals surface area (Å²) in [6, 6.07) is 17.1. The van der Waals surface area contributed by atoms with Crippen LogP contribution >= 0.6 is 0 Å². The van der Waals surface area contributed by atoms with Gasteiger partial charge in [0.2, 0.25) is 5.91 Å². The molecule has 166 valence electrons. The van der Waals surface area contributed by atoms with Crippen LogP contribution in [0.25, 0.3) is 5.69 Å². The molecule has 1 aliphatic heterocycles. The number of benzene rings is 1. The van der Waals surface area contributed by atoms with E-state index in [4.69, 9.17) is 4.74 Å². The largest absolute Gasteiger partial charge is 0.489 e. The van der Waals surface area contributed by atoms with Gasteiger partial charge in [-0.3, -0.25) is 14.2 Å². The predicted octanol–water partition coefficient (Wildman–Crippen LogP) is 3.26. The lowest BCUT2D eigenvalue weighted by molar-refractivity contribution is -0.129. The molecule has 0 spiro atoms. The molecule has 0 aliphatic carbocycles. The summed E-state index contributed by atoms with van der Waals surface area (Å²) in [6.45, 7) is 3.68. The average Bonchev–Trinajstić information content (AvgIpc) is 2.83. The molecule has 0 bridgehead atoms. The zero-order valence-corrected chi connectivity index (χ0v) is 18.5. The molecule has 0 radical (unpaired) electrons. The molecule has 1 aliphatic rings. The maximum absolute atomic E-state index is 12.6. The second-order valence-corrected chi connectivity index (χ2v) is 8.09. The Kier molecular flexibility index (Phi) is 6.54. The first-order chi connectivity index (χ1) is 15.5. The molecule has 1 saturated heterocycles. The Morgan fingerprint density at radius 1 is 1.19 bits per heavy atom. The van der Waals surface area contributed by atoms with Gasteiger partial charge >= 0.3 is 0 Å². The fourth-order valence-electron chi connectivity index (χ4n) is 3.95. The number of anilines is 1. The second kappa shape index (κ2) is 9.68. The topological polar surface area (TPSA) is 67.7 Å².